The van der Waals surface area contributed by atoms with Crippen LogP contribution in [0.1, 0.15) is 31.9 Å². The third-order valence-electron chi connectivity index (χ3n) is 5.32. The minimum absolute atomic E-state index is 0. The van der Waals surface area contributed by atoms with Crippen LogP contribution in [0.4, 0.5) is 11.4 Å². The lowest BCUT2D eigenvalue weighted by Crippen LogP contribution is -3.00. The molecular formula is C22H31ClN4O2. The molecule has 2 rings (SSSR count). The van der Waals surface area contributed by atoms with E-state index in [0.717, 1.165) is 35.2 Å². The van der Waals surface area contributed by atoms with Gasteiger partial charge in [-0.1, -0.05) is 18.2 Å². The molecule has 0 saturated carbocycles. The van der Waals surface area contributed by atoms with Crippen molar-refractivity contribution < 1.29 is 26.8 Å². The van der Waals surface area contributed by atoms with E-state index < -0.39 is 0 Å². The van der Waals surface area contributed by atoms with Gasteiger partial charge in [0.2, 0.25) is 0 Å². The molecule has 0 atom stereocenters. The fraction of sp³-hybridized carbons (Fsp3) is 0.409. The van der Waals surface area contributed by atoms with Gasteiger partial charge in [0.05, 0.1) is 25.3 Å². The summed E-state index contributed by atoms with van der Waals surface area (Å²) in [5.41, 5.74) is 3.15. The molecule has 0 saturated heterocycles. The predicted octanol–water partition coefficient (Wildman–Crippen LogP) is 1.61. The third kappa shape index (κ3) is 7.15. The maximum atomic E-state index is 12.3. The molecule has 0 bridgehead atoms. The monoisotopic (exact) mass is 418 g/mol. The zero-order chi connectivity index (χ0) is 20.6. The number of carbonyl (C=O) groups excluding carboxylic acids is 1. The van der Waals surface area contributed by atoms with Gasteiger partial charge < -0.3 is 27.3 Å². The van der Waals surface area contributed by atoms with E-state index in [1.807, 2.05) is 37.3 Å². The van der Waals surface area contributed by atoms with Crippen LogP contribution in [0.5, 0.6) is 5.75 Å². The van der Waals surface area contributed by atoms with Crippen molar-refractivity contribution >= 4 is 17.3 Å². The van der Waals surface area contributed by atoms with Crippen molar-refractivity contribution in [2.45, 2.75) is 34.2 Å². The molecule has 0 aliphatic rings. The van der Waals surface area contributed by atoms with Gasteiger partial charge in [0.1, 0.15) is 11.4 Å². The van der Waals surface area contributed by atoms with E-state index in [4.69, 9.17) is 0 Å². The quantitative estimate of drug-likeness (QED) is 0.479. The van der Waals surface area contributed by atoms with Crippen molar-refractivity contribution in [3.63, 3.8) is 0 Å². The SMILES string of the molecule is CC[N+](CC)(CC)CC(=O)NCc1ccc(N=Nc2cc(C)ccc2O)cc1.[Cl-]. The predicted molar refractivity (Wildman–Crippen MR) is 112 cm³/mol. The maximum absolute atomic E-state index is 12.3. The standard InChI is InChI=1S/C22H30N4O2.ClH/c1-5-26(6-2,7-3)16-22(28)23-15-18-9-11-19(12-10-18)24-25-20-14-17(4)8-13-21(20)27;/h8-14H,5-7,15-16H2,1-4H3,(H-,23,24,27,28);1H. The lowest BCUT2D eigenvalue weighted by molar-refractivity contribution is -0.915. The number of azo groups is 1. The molecule has 0 aliphatic carbocycles. The highest BCUT2D eigenvalue weighted by Gasteiger charge is 2.24. The second-order valence-corrected chi connectivity index (χ2v) is 7.08. The lowest BCUT2D eigenvalue weighted by Gasteiger charge is -2.34. The number of hydrogen-bond donors (Lipinski definition) is 2. The van der Waals surface area contributed by atoms with E-state index in [-0.39, 0.29) is 24.1 Å². The fourth-order valence-electron chi connectivity index (χ4n) is 3.07. The number of nitrogens with zero attached hydrogens (tertiary/aromatic N) is 3. The molecule has 0 spiro atoms. The summed E-state index contributed by atoms with van der Waals surface area (Å²) in [6.45, 7) is 12.2. The minimum atomic E-state index is 0. The summed E-state index contributed by atoms with van der Waals surface area (Å²) in [4.78, 5) is 12.3. The second-order valence-electron chi connectivity index (χ2n) is 7.08. The Hall–Kier alpha value is -2.44. The summed E-state index contributed by atoms with van der Waals surface area (Å²) in [5, 5.41) is 21.1. The Kier molecular flexibility index (Phi) is 9.78. The van der Waals surface area contributed by atoms with Crippen LogP contribution in [-0.2, 0) is 11.3 Å². The molecule has 1 amide bonds. The summed E-state index contributed by atoms with van der Waals surface area (Å²) in [7, 11) is 0. The van der Waals surface area contributed by atoms with Gasteiger partial charge in [-0.25, -0.2) is 0 Å². The number of aryl methyl sites for hydroxylation is 1. The van der Waals surface area contributed by atoms with E-state index in [1.165, 1.54) is 0 Å². The Labute approximate surface area is 179 Å². The van der Waals surface area contributed by atoms with E-state index in [1.54, 1.807) is 12.1 Å². The summed E-state index contributed by atoms with van der Waals surface area (Å²) >= 11 is 0. The summed E-state index contributed by atoms with van der Waals surface area (Å²) < 4.78 is 0.803. The van der Waals surface area contributed by atoms with Crippen molar-refractivity contribution in [3.05, 3.63) is 53.6 Å². The molecule has 7 heteroatoms. The number of hydrogen-bond acceptors (Lipinski definition) is 4. The summed E-state index contributed by atoms with van der Waals surface area (Å²) in [5.74, 6) is 0.179. The lowest BCUT2D eigenvalue weighted by atomic mass is 10.2. The Balaban J connectivity index is 0.00000420. The van der Waals surface area contributed by atoms with E-state index in [9.17, 15) is 9.90 Å². The number of amides is 1. The minimum Gasteiger partial charge on any atom is -1.00 e. The van der Waals surface area contributed by atoms with Gasteiger partial charge in [0.25, 0.3) is 5.91 Å². The molecule has 0 radical (unpaired) electrons. The molecule has 0 fully saturated rings. The number of likely N-dealkylation sites (N-methyl/N-ethyl adjacent to an activating group) is 1. The Morgan fingerprint density at radius 3 is 2.21 bits per heavy atom. The smallest absolute Gasteiger partial charge is 0.275 e. The number of nitrogens with one attached hydrogen (secondary N) is 1. The molecule has 6 nitrogen and oxygen atoms in total. The van der Waals surface area contributed by atoms with Crippen LogP contribution >= 0.6 is 0 Å². The molecule has 0 aliphatic heterocycles. The van der Waals surface area contributed by atoms with Gasteiger partial charge in [-0.05, 0) is 63.1 Å². The molecule has 2 aromatic carbocycles. The summed E-state index contributed by atoms with van der Waals surface area (Å²) in [6, 6.07) is 12.8. The average Bonchev–Trinajstić information content (AvgIpc) is 2.72. The molecular weight excluding hydrogens is 388 g/mol. The number of carbonyl (C=O) groups is 1. The molecule has 158 valence electrons. The highest BCUT2D eigenvalue weighted by molar-refractivity contribution is 5.77. The largest absolute Gasteiger partial charge is 1.00 e. The first kappa shape index (κ1) is 24.6. The van der Waals surface area contributed by atoms with E-state index in [0.29, 0.717) is 24.5 Å². The molecule has 2 N–H and O–H groups in total. The first-order chi connectivity index (χ1) is 13.4. The number of phenols is 1. The van der Waals surface area contributed by atoms with Crippen LogP contribution in [0.2, 0.25) is 0 Å². The van der Waals surface area contributed by atoms with E-state index >= 15 is 0 Å². The average molecular weight is 419 g/mol. The van der Waals surface area contributed by atoms with Gasteiger partial charge in [-0.2, -0.15) is 5.11 Å². The van der Waals surface area contributed by atoms with Crippen LogP contribution in [0.15, 0.2) is 52.7 Å². The number of halogens is 1. The number of aromatic hydroxyl groups is 1. The van der Waals surface area contributed by atoms with E-state index in [2.05, 4.69) is 36.3 Å². The van der Waals surface area contributed by atoms with Gasteiger partial charge in [0, 0.05) is 6.54 Å². The van der Waals surface area contributed by atoms with Gasteiger partial charge >= 0.3 is 0 Å². The Morgan fingerprint density at radius 1 is 1.00 bits per heavy atom. The third-order valence-corrected chi connectivity index (χ3v) is 5.32. The zero-order valence-corrected chi connectivity index (χ0v) is 18.4. The van der Waals surface area contributed by atoms with Gasteiger partial charge in [0.15, 0.2) is 6.54 Å². The first-order valence-electron chi connectivity index (χ1n) is 9.83. The molecule has 0 aromatic heterocycles. The molecule has 2 aromatic rings. The van der Waals surface area contributed by atoms with Crippen LogP contribution in [0.25, 0.3) is 0 Å². The van der Waals surface area contributed by atoms with Crippen molar-refractivity contribution in [1.82, 2.24) is 5.32 Å². The van der Waals surface area contributed by atoms with Gasteiger partial charge in [-0.3, -0.25) is 4.79 Å². The van der Waals surface area contributed by atoms with Crippen LogP contribution in [-0.4, -0.2) is 41.7 Å². The highest BCUT2D eigenvalue weighted by Crippen LogP contribution is 2.28. The second kappa shape index (κ2) is 11.5. The van der Waals surface area contributed by atoms with Crippen molar-refractivity contribution in [1.29, 1.82) is 0 Å². The van der Waals surface area contributed by atoms with Crippen LogP contribution in [0, 0.1) is 6.92 Å². The maximum Gasteiger partial charge on any atom is 0.275 e. The number of benzene rings is 2. The van der Waals surface area contributed by atoms with Gasteiger partial charge in [-0.15, -0.1) is 5.11 Å². The van der Waals surface area contributed by atoms with Crippen molar-refractivity contribution in [2.75, 3.05) is 26.2 Å². The fourth-order valence-corrected chi connectivity index (χ4v) is 3.07. The normalized spacial score (nSPS) is 11.3. The highest BCUT2D eigenvalue weighted by atomic mass is 35.5. The van der Waals surface area contributed by atoms with Crippen LogP contribution in [0.3, 0.4) is 0 Å². The van der Waals surface area contributed by atoms with Crippen LogP contribution < -0.4 is 17.7 Å². The number of rotatable bonds is 9. The number of phenolic OH excluding ortho intramolecular Hbond substituents is 1. The molecule has 0 heterocycles. The Bertz CT molecular complexity index is 810. The zero-order valence-electron chi connectivity index (χ0n) is 17.7. The Morgan fingerprint density at radius 2 is 1.62 bits per heavy atom. The molecule has 0 unspecified atom stereocenters. The number of quaternary nitrogens is 1. The first-order valence-corrected chi connectivity index (χ1v) is 9.83. The molecule has 29 heavy (non-hydrogen) atoms. The topological polar surface area (TPSA) is 74.0 Å². The van der Waals surface area contributed by atoms with Crippen molar-refractivity contribution in [3.8, 4) is 5.75 Å². The van der Waals surface area contributed by atoms with Crippen molar-refractivity contribution in [2.24, 2.45) is 10.2 Å². The summed E-state index contributed by atoms with van der Waals surface area (Å²) in [6.07, 6.45) is 0.